The molecule has 1 aliphatic carbocycles. The molecule has 156 valence electrons. The SMILES string of the molecule is CC(C)c1ccccc1Sc1c(O)cc(C2(CCc3ccccc3)CCC2)oc1=O. The fourth-order valence-corrected chi connectivity index (χ4v) is 5.31. The molecule has 0 unspecified atom stereocenters. The zero-order valence-electron chi connectivity index (χ0n) is 17.6. The van der Waals surface area contributed by atoms with E-state index in [1.54, 1.807) is 6.07 Å². The van der Waals surface area contributed by atoms with Gasteiger partial charge in [0.05, 0.1) is 0 Å². The zero-order valence-corrected chi connectivity index (χ0v) is 18.4. The van der Waals surface area contributed by atoms with E-state index in [4.69, 9.17) is 4.42 Å². The van der Waals surface area contributed by atoms with Crippen LogP contribution in [0.1, 0.15) is 62.3 Å². The monoisotopic (exact) mass is 420 g/mol. The summed E-state index contributed by atoms with van der Waals surface area (Å²) >= 11 is 1.29. The lowest BCUT2D eigenvalue weighted by atomic mass is 9.64. The predicted molar refractivity (Wildman–Crippen MR) is 122 cm³/mol. The molecule has 30 heavy (non-hydrogen) atoms. The van der Waals surface area contributed by atoms with Crippen molar-refractivity contribution in [2.24, 2.45) is 0 Å². The zero-order chi connectivity index (χ0) is 21.1. The lowest BCUT2D eigenvalue weighted by molar-refractivity contribution is 0.174. The summed E-state index contributed by atoms with van der Waals surface area (Å²) in [4.78, 5) is 14.1. The second-order valence-corrected chi connectivity index (χ2v) is 9.58. The maximum absolute atomic E-state index is 12.9. The Morgan fingerprint density at radius 3 is 2.40 bits per heavy atom. The summed E-state index contributed by atoms with van der Waals surface area (Å²) in [6.45, 7) is 4.25. The number of rotatable bonds is 7. The smallest absolute Gasteiger partial charge is 0.353 e. The van der Waals surface area contributed by atoms with E-state index in [-0.39, 0.29) is 16.1 Å². The molecule has 4 heteroatoms. The first-order valence-electron chi connectivity index (χ1n) is 10.7. The Labute approximate surface area is 182 Å². The third kappa shape index (κ3) is 4.20. The van der Waals surface area contributed by atoms with Crippen molar-refractivity contribution >= 4 is 11.8 Å². The van der Waals surface area contributed by atoms with Crippen LogP contribution in [-0.2, 0) is 11.8 Å². The van der Waals surface area contributed by atoms with Gasteiger partial charge in [-0.15, -0.1) is 0 Å². The van der Waals surface area contributed by atoms with Gasteiger partial charge in [0.1, 0.15) is 16.4 Å². The van der Waals surface area contributed by atoms with Crippen molar-refractivity contribution in [3.05, 3.63) is 88.0 Å². The third-order valence-electron chi connectivity index (χ3n) is 6.21. The molecular weight excluding hydrogens is 392 g/mol. The summed E-state index contributed by atoms with van der Waals surface area (Å²) in [5, 5.41) is 10.8. The summed E-state index contributed by atoms with van der Waals surface area (Å²) in [5.74, 6) is 0.989. The fourth-order valence-electron chi connectivity index (χ4n) is 4.24. The van der Waals surface area contributed by atoms with Gasteiger partial charge in [-0.1, -0.05) is 80.6 Å². The lowest BCUT2D eigenvalue weighted by Crippen LogP contribution is -2.35. The molecule has 1 saturated carbocycles. The van der Waals surface area contributed by atoms with Crippen molar-refractivity contribution in [2.45, 2.75) is 67.1 Å². The molecule has 0 radical (unpaired) electrons. The number of aryl methyl sites for hydroxylation is 1. The molecule has 2 aromatic carbocycles. The predicted octanol–water partition coefficient (Wildman–Crippen LogP) is 6.67. The third-order valence-corrected chi connectivity index (χ3v) is 7.38. The average Bonchev–Trinajstić information content (AvgIpc) is 2.71. The van der Waals surface area contributed by atoms with Gasteiger partial charge in [-0.05, 0) is 48.8 Å². The molecule has 4 rings (SSSR count). The van der Waals surface area contributed by atoms with Crippen LogP contribution in [0.15, 0.2) is 79.7 Å². The van der Waals surface area contributed by atoms with Gasteiger partial charge in [-0.3, -0.25) is 0 Å². The molecule has 1 aliphatic rings. The van der Waals surface area contributed by atoms with E-state index in [1.165, 1.54) is 17.3 Å². The van der Waals surface area contributed by atoms with E-state index in [0.717, 1.165) is 42.6 Å². The second kappa shape index (κ2) is 8.73. The lowest BCUT2D eigenvalue weighted by Gasteiger charge is -2.41. The van der Waals surface area contributed by atoms with Crippen molar-refractivity contribution in [3.8, 4) is 5.75 Å². The minimum atomic E-state index is -0.445. The molecule has 1 N–H and O–H groups in total. The van der Waals surface area contributed by atoms with Crippen molar-refractivity contribution in [1.29, 1.82) is 0 Å². The highest BCUT2D eigenvalue weighted by molar-refractivity contribution is 7.99. The van der Waals surface area contributed by atoms with Crippen molar-refractivity contribution in [2.75, 3.05) is 0 Å². The van der Waals surface area contributed by atoms with Gasteiger partial charge < -0.3 is 9.52 Å². The van der Waals surface area contributed by atoms with Crippen LogP contribution in [0.3, 0.4) is 0 Å². The molecule has 1 fully saturated rings. The van der Waals surface area contributed by atoms with Crippen LogP contribution in [0, 0.1) is 0 Å². The standard InChI is InChI=1S/C26H28O3S/c1-18(2)20-11-6-7-12-22(20)30-24-21(27)17-23(29-25(24)28)26(14-8-15-26)16-13-19-9-4-3-5-10-19/h3-7,9-12,17-18,27H,8,13-16H2,1-2H3. The van der Waals surface area contributed by atoms with Gasteiger partial charge in [-0.25, -0.2) is 4.79 Å². The van der Waals surface area contributed by atoms with Crippen molar-refractivity contribution in [1.82, 2.24) is 0 Å². The summed E-state index contributed by atoms with van der Waals surface area (Å²) in [7, 11) is 0. The minimum Gasteiger partial charge on any atom is -0.506 e. The molecule has 0 spiro atoms. The molecule has 1 heterocycles. The molecule has 1 aromatic heterocycles. The van der Waals surface area contributed by atoms with Crippen LogP contribution in [0.2, 0.25) is 0 Å². The quantitative estimate of drug-likeness (QED) is 0.463. The highest BCUT2D eigenvalue weighted by Gasteiger charge is 2.41. The minimum absolute atomic E-state index is 0.0239. The Kier molecular flexibility index (Phi) is 6.05. The van der Waals surface area contributed by atoms with Crippen molar-refractivity contribution in [3.63, 3.8) is 0 Å². The molecule has 0 atom stereocenters. The Morgan fingerprint density at radius 1 is 1.07 bits per heavy atom. The van der Waals surface area contributed by atoms with Crippen LogP contribution >= 0.6 is 11.8 Å². The first-order chi connectivity index (χ1) is 14.5. The van der Waals surface area contributed by atoms with Crippen LogP contribution in [-0.4, -0.2) is 5.11 Å². The van der Waals surface area contributed by atoms with Crippen LogP contribution in [0.4, 0.5) is 0 Å². The average molecular weight is 421 g/mol. The second-order valence-electron chi connectivity index (χ2n) is 8.53. The van der Waals surface area contributed by atoms with Crippen LogP contribution < -0.4 is 5.63 Å². The molecule has 3 nitrogen and oxygen atoms in total. The Bertz CT molecular complexity index is 1070. The summed E-state index contributed by atoms with van der Waals surface area (Å²) in [6.07, 6.45) is 4.96. The topological polar surface area (TPSA) is 50.4 Å². The highest BCUT2D eigenvalue weighted by atomic mass is 32.2. The van der Waals surface area contributed by atoms with Gasteiger partial charge in [0.15, 0.2) is 0 Å². The molecule has 0 bridgehead atoms. The Balaban J connectivity index is 1.60. The Hall–Kier alpha value is -2.46. The number of hydrogen-bond acceptors (Lipinski definition) is 4. The molecule has 0 amide bonds. The first-order valence-corrected chi connectivity index (χ1v) is 11.5. The van der Waals surface area contributed by atoms with E-state index < -0.39 is 5.63 Å². The van der Waals surface area contributed by atoms with Gasteiger partial charge in [0.25, 0.3) is 0 Å². The number of hydrogen-bond donors (Lipinski definition) is 1. The van der Waals surface area contributed by atoms with Crippen LogP contribution in [0.5, 0.6) is 5.75 Å². The molecule has 0 saturated heterocycles. The van der Waals surface area contributed by atoms with E-state index in [9.17, 15) is 9.90 Å². The van der Waals surface area contributed by atoms with Gasteiger partial charge in [0.2, 0.25) is 0 Å². The Morgan fingerprint density at radius 2 is 1.77 bits per heavy atom. The normalized spacial score (nSPS) is 15.2. The maximum Gasteiger partial charge on any atom is 0.353 e. The van der Waals surface area contributed by atoms with Crippen LogP contribution in [0.25, 0.3) is 0 Å². The van der Waals surface area contributed by atoms with Gasteiger partial charge in [-0.2, -0.15) is 0 Å². The number of benzene rings is 2. The first kappa shape index (κ1) is 20.8. The van der Waals surface area contributed by atoms with E-state index in [2.05, 4.69) is 44.2 Å². The summed E-state index contributed by atoms with van der Waals surface area (Å²) in [5.41, 5.74) is 1.85. The molecule has 3 aromatic rings. The summed E-state index contributed by atoms with van der Waals surface area (Å²) < 4.78 is 5.82. The van der Waals surface area contributed by atoms with E-state index in [0.29, 0.717) is 11.7 Å². The number of aromatic hydroxyl groups is 1. The van der Waals surface area contributed by atoms with Gasteiger partial charge >= 0.3 is 5.63 Å². The fraction of sp³-hybridized carbons (Fsp3) is 0.346. The summed E-state index contributed by atoms with van der Waals surface area (Å²) in [6, 6.07) is 20.1. The van der Waals surface area contributed by atoms with E-state index >= 15 is 0 Å². The highest BCUT2D eigenvalue weighted by Crippen LogP contribution is 2.48. The molecule has 0 aliphatic heterocycles. The van der Waals surface area contributed by atoms with Crippen molar-refractivity contribution < 1.29 is 9.52 Å². The van der Waals surface area contributed by atoms with E-state index in [1.807, 2.05) is 24.3 Å². The largest absolute Gasteiger partial charge is 0.506 e. The van der Waals surface area contributed by atoms with Gasteiger partial charge in [0, 0.05) is 16.4 Å². The molecular formula is C26H28O3S. The maximum atomic E-state index is 12.9.